The molecule has 0 saturated heterocycles. The highest BCUT2D eigenvalue weighted by Gasteiger charge is 2.19. The van der Waals surface area contributed by atoms with E-state index < -0.39 is 24.4 Å². The van der Waals surface area contributed by atoms with Gasteiger partial charge in [0.2, 0.25) is 0 Å². The van der Waals surface area contributed by atoms with E-state index in [1.54, 1.807) is 18.2 Å². The van der Waals surface area contributed by atoms with Gasteiger partial charge in [0.1, 0.15) is 0 Å². The predicted molar refractivity (Wildman–Crippen MR) is 102 cm³/mol. The van der Waals surface area contributed by atoms with Crippen LogP contribution < -0.4 is 10.9 Å². The smallest absolute Gasteiger partial charge is 0.340 e. The van der Waals surface area contributed by atoms with Gasteiger partial charge < -0.3 is 9.30 Å². The molecule has 0 saturated carbocycles. The summed E-state index contributed by atoms with van der Waals surface area (Å²) in [4.78, 5) is 35.9. The highest BCUT2D eigenvalue weighted by atomic mass is 35.5. The normalized spacial score (nSPS) is 10.6. The molecule has 0 spiro atoms. The minimum absolute atomic E-state index is 0.206. The SMILES string of the molecule is Cc1cc(C(=O)OCC(=O)NNC(=O)c2ccc(Cl)cc2)c(C)n1C(C)C. The molecule has 1 heterocycles. The van der Waals surface area contributed by atoms with E-state index in [0.717, 1.165) is 11.4 Å². The Hall–Kier alpha value is -2.80. The van der Waals surface area contributed by atoms with Gasteiger partial charge in [-0.1, -0.05) is 11.6 Å². The predicted octanol–water partition coefficient (Wildman–Crippen LogP) is 2.96. The zero-order valence-corrected chi connectivity index (χ0v) is 16.4. The number of ether oxygens (including phenoxy) is 1. The quantitative estimate of drug-likeness (QED) is 0.605. The molecule has 1 aromatic heterocycles. The van der Waals surface area contributed by atoms with E-state index in [2.05, 4.69) is 10.9 Å². The number of aromatic nitrogens is 1. The van der Waals surface area contributed by atoms with Crippen molar-refractivity contribution in [2.24, 2.45) is 0 Å². The van der Waals surface area contributed by atoms with E-state index in [1.807, 2.05) is 32.3 Å². The Bertz CT molecular complexity index is 857. The van der Waals surface area contributed by atoms with Crippen LogP contribution in [0.25, 0.3) is 0 Å². The van der Waals surface area contributed by atoms with Gasteiger partial charge in [0.05, 0.1) is 5.56 Å². The van der Waals surface area contributed by atoms with Crippen molar-refractivity contribution in [3.8, 4) is 0 Å². The molecule has 2 aromatic rings. The number of hydrazine groups is 1. The summed E-state index contributed by atoms with van der Waals surface area (Å²) in [5.74, 6) is -1.75. The number of aryl methyl sites for hydroxylation is 1. The summed E-state index contributed by atoms with van der Waals surface area (Å²) < 4.78 is 7.06. The number of esters is 1. The van der Waals surface area contributed by atoms with Crippen LogP contribution in [0.5, 0.6) is 0 Å². The average Bonchev–Trinajstić information content (AvgIpc) is 2.92. The van der Waals surface area contributed by atoms with Crippen LogP contribution >= 0.6 is 11.6 Å². The molecule has 1 aromatic carbocycles. The number of hydrogen-bond acceptors (Lipinski definition) is 4. The molecule has 144 valence electrons. The molecule has 0 aliphatic heterocycles. The molecule has 0 aliphatic rings. The van der Waals surface area contributed by atoms with Crippen LogP contribution in [-0.4, -0.2) is 29.0 Å². The summed E-state index contributed by atoms with van der Waals surface area (Å²) in [6.45, 7) is 7.27. The maximum absolute atomic E-state index is 12.2. The van der Waals surface area contributed by atoms with Gasteiger partial charge in [-0.2, -0.15) is 0 Å². The summed E-state index contributed by atoms with van der Waals surface area (Å²) in [7, 11) is 0. The van der Waals surface area contributed by atoms with E-state index in [1.165, 1.54) is 12.1 Å². The monoisotopic (exact) mass is 391 g/mol. The van der Waals surface area contributed by atoms with Gasteiger partial charge in [0.15, 0.2) is 6.61 Å². The molecule has 7 nitrogen and oxygen atoms in total. The first-order valence-corrected chi connectivity index (χ1v) is 8.78. The second-order valence-corrected chi connectivity index (χ2v) is 6.77. The molecule has 2 rings (SSSR count). The van der Waals surface area contributed by atoms with Crippen molar-refractivity contribution in [2.45, 2.75) is 33.7 Å². The Kier molecular flexibility index (Phi) is 6.63. The zero-order chi connectivity index (χ0) is 20.1. The first kappa shape index (κ1) is 20.5. The van der Waals surface area contributed by atoms with Gasteiger partial charge in [0, 0.05) is 28.0 Å². The van der Waals surface area contributed by atoms with Crippen LogP contribution in [0.15, 0.2) is 30.3 Å². The number of benzene rings is 1. The third kappa shape index (κ3) is 5.10. The lowest BCUT2D eigenvalue weighted by atomic mass is 10.2. The van der Waals surface area contributed by atoms with Crippen molar-refractivity contribution in [1.29, 1.82) is 0 Å². The first-order chi connectivity index (χ1) is 12.7. The molecule has 0 fully saturated rings. The zero-order valence-electron chi connectivity index (χ0n) is 15.6. The van der Waals surface area contributed by atoms with Gasteiger partial charge >= 0.3 is 5.97 Å². The molecule has 0 unspecified atom stereocenters. The highest BCUT2D eigenvalue weighted by Crippen LogP contribution is 2.20. The number of nitrogens with one attached hydrogen (secondary N) is 2. The van der Waals surface area contributed by atoms with Gasteiger partial charge in [-0.15, -0.1) is 0 Å². The Balaban J connectivity index is 1.86. The third-order valence-corrected chi connectivity index (χ3v) is 4.23. The largest absolute Gasteiger partial charge is 0.452 e. The fraction of sp³-hybridized carbons (Fsp3) is 0.316. The Morgan fingerprint density at radius 3 is 2.30 bits per heavy atom. The number of amides is 2. The summed E-state index contributed by atoms with van der Waals surface area (Å²) in [6, 6.07) is 8.11. The molecular formula is C19H22ClN3O4. The lowest BCUT2D eigenvalue weighted by Gasteiger charge is -2.13. The van der Waals surface area contributed by atoms with Crippen molar-refractivity contribution in [3.63, 3.8) is 0 Å². The topological polar surface area (TPSA) is 89.4 Å². The average molecular weight is 392 g/mol. The van der Waals surface area contributed by atoms with E-state index >= 15 is 0 Å². The van der Waals surface area contributed by atoms with Crippen LogP contribution in [0.1, 0.15) is 52.0 Å². The third-order valence-electron chi connectivity index (χ3n) is 3.98. The van der Waals surface area contributed by atoms with Crippen LogP contribution in [0.2, 0.25) is 5.02 Å². The molecule has 2 N–H and O–H groups in total. The van der Waals surface area contributed by atoms with Crippen molar-refractivity contribution >= 4 is 29.4 Å². The lowest BCUT2D eigenvalue weighted by Crippen LogP contribution is -2.43. The van der Waals surface area contributed by atoms with Gasteiger partial charge in [-0.25, -0.2) is 4.79 Å². The van der Waals surface area contributed by atoms with Crippen LogP contribution in [0.3, 0.4) is 0 Å². The fourth-order valence-electron chi connectivity index (χ4n) is 2.82. The second-order valence-electron chi connectivity index (χ2n) is 6.33. The number of rotatable bonds is 5. The van der Waals surface area contributed by atoms with E-state index in [9.17, 15) is 14.4 Å². The number of hydrogen-bond donors (Lipinski definition) is 2. The Labute approximate surface area is 162 Å². The number of nitrogens with zero attached hydrogens (tertiary/aromatic N) is 1. The molecule has 8 heteroatoms. The molecule has 0 aliphatic carbocycles. The van der Waals surface area contributed by atoms with Gasteiger partial charge in [-0.3, -0.25) is 20.4 Å². The summed E-state index contributed by atoms with van der Waals surface area (Å²) >= 11 is 5.75. The summed E-state index contributed by atoms with van der Waals surface area (Å²) in [5, 5.41) is 0.499. The molecule has 0 atom stereocenters. The minimum Gasteiger partial charge on any atom is -0.452 e. The first-order valence-electron chi connectivity index (χ1n) is 8.41. The molecule has 0 bridgehead atoms. The van der Waals surface area contributed by atoms with E-state index in [4.69, 9.17) is 16.3 Å². The van der Waals surface area contributed by atoms with Crippen LogP contribution in [0.4, 0.5) is 0 Å². The van der Waals surface area contributed by atoms with E-state index in [0.29, 0.717) is 16.1 Å². The lowest BCUT2D eigenvalue weighted by molar-refractivity contribution is -0.125. The van der Waals surface area contributed by atoms with Gasteiger partial charge in [-0.05, 0) is 58.0 Å². The van der Waals surface area contributed by atoms with Crippen molar-refractivity contribution in [2.75, 3.05) is 6.61 Å². The molecule has 2 amide bonds. The molecular weight excluding hydrogens is 370 g/mol. The molecule has 0 radical (unpaired) electrons. The van der Waals surface area contributed by atoms with Crippen LogP contribution in [-0.2, 0) is 9.53 Å². The number of carbonyl (C=O) groups is 3. The molecule has 27 heavy (non-hydrogen) atoms. The van der Waals surface area contributed by atoms with Crippen molar-refractivity contribution < 1.29 is 19.1 Å². The minimum atomic E-state index is -0.650. The maximum Gasteiger partial charge on any atom is 0.340 e. The highest BCUT2D eigenvalue weighted by molar-refractivity contribution is 6.30. The summed E-state index contributed by atoms with van der Waals surface area (Å²) in [5.41, 5.74) is 6.91. The fourth-order valence-corrected chi connectivity index (χ4v) is 2.95. The van der Waals surface area contributed by atoms with Crippen LogP contribution in [0, 0.1) is 13.8 Å². The summed E-state index contributed by atoms with van der Waals surface area (Å²) in [6.07, 6.45) is 0. The Morgan fingerprint density at radius 1 is 1.11 bits per heavy atom. The standard InChI is InChI=1S/C19H22ClN3O4/c1-11(2)23-12(3)9-16(13(23)4)19(26)27-10-17(24)21-22-18(25)14-5-7-15(20)8-6-14/h5-9,11H,10H2,1-4H3,(H,21,24)(H,22,25). The van der Waals surface area contributed by atoms with Gasteiger partial charge in [0.25, 0.3) is 11.8 Å². The Morgan fingerprint density at radius 2 is 1.74 bits per heavy atom. The maximum atomic E-state index is 12.2. The number of carbonyl (C=O) groups excluding carboxylic acids is 3. The van der Waals surface area contributed by atoms with Crippen molar-refractivity contribution in [3.05, 3.63) is 57.9 Å². The number of halogens is 1. The second kappa shape index (κ2) is 8.73. The van der Waals surface area contributed by atoms with E-state index in [-0.39, 0.29) is 6.04 Å². The van der Waals surface area contributed by atoms with Crippen molar-refractivity contribution in [1.82, 2.24) is 15.4 Å².